The molecule has 1 aromatic rings. The van der Waals surface area contributed by atoms with Crippen molar-refractivity contribution in [3.05, 3.63) is 28.7 Å². The Kier molecular flexibility index (Phi) is 4.35. The van der Waals surface area contributed by atoms with Crippen LogP contribution in [0, 0.1) is 0 Å². The Morgan fingerprint density at radius 3 is 2.29 bits per heavy atom. The fourth-order valence-electron chi connectivity index (χ4n) is 1.29. The molecule has 0 amide bonds. The van der Waals surface area contributed by atoms with Crippen LogP contribution >= 0.6 is 15.9 Å². The molecule has 3 heteroatoms. The first-order chi connectivity index (χ1) is 6.56. The number of benzene rings is 1. The minimum atomic E-state index is -1.64. The third-order valence-corrected chi connectivity index (χ3v) is 5.38. The molecule has 14 heavy (non-hydrogen) atoms. The Morgan fingerprint density at radius 2 is 1.79 bits per heavy atom. The van der Waals surface area contributed by atoms with Crippen LogP contribution in [0.1, 0.15) is 13.3 Å². The maximum Gasteiger partial charge on any atom is 0.218 e. The zero-order valence-electron chi connectivity index (χ0n) is 9.01. The SMILES string of the molecule is CCCO[Si](C)(C)c1ccc(Br)cc1. The maximum absolute atomic E-state index is 5.93. The number of hydrogen-bond donors (Lipinski definition) is 0. The van der Waals surface area contributed by atoms with E-state index in [1.165, 1.54) is 5.19 Å². The second kappa shape index (κ2) is 5.10. The van der Waals surface area contributed by atoms with Gasteiger partial charge in [0.15, 0.2) is 0 Å². The summed E-state index contributed by atoms with van der Waals surface area (Å²) in [5, 5.41) is 1.36. The fraction of sp³-hybridized carbons (Fsp3) is 0.455. The van der Waals surface area contributed by atoms with Crippen molar-refractivity contribution < 1.29 is 4.43 Å². The molecule has 0 aromatic heterocycles. The van der Waals surface area contributed by atoms with E-state index in [0.717, 1.165) is 17.5 Å². The average Bonchev–Trinajstić information content (AvgIpc) is 2.16. The van der Waals surface area contributed by atoms with Gasteiger partial charge >= 0.3 is 0 Å². The molecular formula is C11H17BrOSi. The Hall–Kier alpha value is -0.123. The predicted octanol–water partition coefficient (Wildman–Crippen LogP) is 3.29. The van der Waals surface area contributed by atoms with Crippen LogP contribution in [-0.4, -0.2) is 14.9 Å². The lowest BCUT2D eigenvalue weighted by Gasteiger charge is -2.23. The third kappa shape index (κ3) is 3.22. The summed E-state index contributed by atoms with van der Waals surface area (Å²) in [5.74, 6) is 0. The summed E-state index contributed by atoms with van der Waals surface area (Å²) in [5.41, 5.74) is 0. The number of rotatable bonds is 4. The summed E-state index contributed by atoms with van der Waals surface area (Å²) in [7, 11) is -1.64. The van der Waals surface area contributed by atoms with Crippen molar-refractivity contribution in [2.24, 2.45) is 0 Å². The van der Waals surface area contributed by atoms with E-state index >= 15 is 0 Å². The van der Waals surface area contributed by atoms with E-state index in [9.17, 15) is 0 Å². The summed E-state index contributed by atoms with van der Waals surface area (Å²) >= 11 is 3.44. The smallest absolute Gasteiger partial charge is 0.218 e. The number of halogens is 1. The Labute approximate surface area is 95.7 Å². The molecule has 1 nitrogen and oxygen atoms in total. The molecule has 0 aliphatic carbocycles. The molecule has 0 aliphatic rings. The largest absolute Gasteiger partial charge is 0.413 e. The minimum Gasteiger partial charge on any atom is -0.413 e. The van der Waals surface area contributed by atoms with Crippen LogP contribution in [0.3, 0.4) is 0 Å². The molecule has 0 fully saturated rings. The van der Waals surface area contributed by atoms with Gasteiger partial charge in [-0.2, -0.15) is 0 Å². The zero-order chi connectivity index (χ0) is 10.6. The molecular weight excluding hydrogens is 256 g/mol. The van der Waals surface area contributed by atoms with Crippen LogP contribution in [0.2, 0.25) is 13.1 Å². The predicted molar refractivity (Wildman–Crippen MR) is 67.5 cm³/mol. The highest BCUT2D eigenvalue weighted by molar-refractivity contribution is 9.10. The fourth-order valence-corrected chi connectivity index (χ4v) is 3.41. The third-order valence-electron chi connectivity index (χ3n) is 2.21. The zero-order valence-corrected chi connectivity index (χ0v) is 11.6. The quantitative estimate of drug-likeness (QED) is 0.765. The van der Waals surface area contributed by atoms with E-state index < -0.39 is 8.32 Å². The molecule has 0 saturated heterocycles. The monoisotopic (exact) mass is 272 g/mol. The van der Waals surface area contributed by atoms with Crippen LogP contribution in [0.4, 0.5) is 0 Å². The van der Waals surface area contributed by atoms with Crippen molar-refractivity contribution in [1.82, 2.24) is 0 Å². The van der Waals surface area contributed by atoms with Gasteiger partial charge in [-0.05, 0) is 36.8 Å². The Bertz CT molecular complexity index is 282. The molecule has 1 rings (SSSR count). The minimum absolute atomic E-state index is 0.870. The lowest BCUT2D eigenvalue weighted by Crippen LogP contribution is -2.44. The van der Waals surface area contributed by atoms with Gasteiger partial charge < -0.3 is 4.43 Å². The van der Waals surface area contributed by atoms with E-state index in [2.05, 4.69) is 60.2 Å². The topological polar surface area (TPSA) is 9.23 Å². The molecule has 0 bridgehead atoms. The summed E-state index contributed by atoms with van der Waals surface area (Å²) in [6.45, 7) is 7.50. The van der Waals surface area contributed by atoms with Gasteiger partial charge in [-0.3, -0.25) is 0 Å². The molecule has 0 aliphatic heterocycles. The Balaban J connectivity index is 2.75. The first-order valence-electron chi connectivity index (χ1n) is 4.96. The summed E-state index contributed by atoms with van der Waals surface area (Å²) in [6.07, 6.45) is 1.09. The Morgan fingerprint density at radius 1 is 1.21 bits per heavy atom. The van der Waals surface area contributed by atoms with Gasteiger partial charge in [0.05, 0.1) is 0 Å². The second-order valence-electron chi connectivity index (χ2n) is 3.87. The van der Waals surface area contributed by atoms with E-state index in [4.69, 9.17) is 4.43 Å². The van der Waals surface area contributed by atoms with E-state index in [1.54, 1.807) is 0 Å². The van der Waals surface area contributed by atoms with E-state index in [-0.39, 0.29) is 0 Å². The highest BCUT2D eigenvalue weighted by Crippen LogP contribution is 2.10. The molecule has 0 heterocycles. The molecule has 0 atom stereocenters. The van der Waals surface area contributed by atoms with Crippen molar-refractivity contribution >= 4 is 29.4 Å². The van der Waals surface area contributed by atoms with Gasteiger partial charge in [-0.1, -0.05) is 35.0 Å². The molecule has 0 N–H and O–H groups in total. The molecule has 0 radical (unpaired) electrons. The molecule has 1 aromatic carbocycles. The molecule has 0 spiro atoms. The van der Waals surface area contributed by atoms with Gasteiger partial charge in [-0.15, -0.1) is 0 Å². The molecule has 0 unspecified atom stereocenters. The van der Waals surface area contributed by atoms with Crippen molar-refractivity contribution in [3.8, 4) is 0 Å². The summed E-state index contributed by atoms with van der Waals surface area (Å²) in [4.78, 5) is 0. The second-order valence-corrected chi connectivity index (χ2v) is 8.67. The standard InChI is InChI=1S/C11H17BrOSi/c1-4-9-13-14(2,3)11-7-5-10(12)6-8-11/h5-8H,4,9H2,1-3H3. The van der Waals surface area contributed by atoms with Gasteiger partial charge in [0, 0.05) is 11.1 Å². The van der Waals surface area contributed by atoms with Crippen LogP contribution in [0.15, 0.2) is 28.7 Å². The first kappa shape index (κ1) is 11.9. The van der Waals surface area contributed by atoms with Gasteiger partial charge in [0.25, 0.3) is 0 Å². The van der Waals surface area contributed by atoms with Crippen LogP contribution in [0.25, 0.3) is 0 Å². The van der Waals surface area contributed by atoms with Crippen molar-refractivity contribution in [3.63, 3.8) is 0 Å². The van der Waals surface area contributed by atoms with Crippen LogP contribution in [0.5, 0.6) is 0 Å². The van der Waals surface area contributed by atoms with Crippen molar-refractivity contribution in [1.29, 1.82) is 0 Å². The maximum atomic E-state index is 5.93. The molecule has 78 valence electrons. The van der Waals surface area contributed by atoms with E-state index in [1.807, 2.05) is 0 Å². The van der Waals surface area contributed by atoms with Crippen LogP contribution in [-0.2, 0) is 4.43 Å². The lowest BCUT2D eigenvalue weighted by molar-refractivity contribution is 0.315. The van der Waals surface area contributed by atoms with Crippen LogP contribution < -0.4 is 5.19 Å². The van der Waals surface area contributed by atoms with Gasteiger partial charge in [0.2, 0.25) is 8.32 Å². The number of hydrogen-bond acceptors (Lipinski definition) is 1. The lowest BCUT2D eigenvalue weighted by atomic mass is 10.4. The van der Waals surface area contributed by atoms with Crippen molar-refractivity contribution in [2.45, 2.75) is 26.4 Å². The molecule has 0 saturated carbocycles. The normalized spacial score (nSPS) is 11.7. The van der Waals surface area contributed by atoms with Crippen molar-refractivity contribution in [2.75, 3.05) is 6.61 Å². The average molecular weight is 273 g/mol. The summed E-state index contributed by atoms with van der Waals surface area (Å²) in [6, 6.07) is 8.48. The van der Waals surface area contributed by atoms with Gasteiger partial charge in [-0.25, -0.2) is 0 Å². The van der Waals surface area contributed by atoms with E-state index in [0.29, 0.717) is 0 Å². The summed E-state index contributed by atoms with van der Waals surface area (Å²) < 4.78 is 7.05. The first-order valence-corrected chi connectivity index (χ1v) is 8.66. The highest BCUT2D eigenvalue weighted by Gasteiger charge is 2.24. The van der Waals surface area contributed by atoms with Gasteiger partial charge in [0.1, 0.15) is 0 Å². The highest BCUT2D eigenvalue weighted by atomic mass is 79.9.